The fourth-order valence-corrected chi connectivity index (χ4v) is 8.30. The van der Waals surface area contributed by atoms with E-state index in [0.717, 1.165) is 58.4 Å². The van der Waals surface area contributed by atoms with Gasteiger partial charge in [0, 0.05) is 67.7 Å². The van der Waals surface area contributed by atoms with Gasteiger partial charge in [0.05, 0.1) is 23.6 Å². The van der Waals surface area contributed by atoms with Gasteiger partial charge in [0.1, 0.15) is 35.3 Å². The number of terminal acetylenes is 1. The molecule has 5 aliphatic rings. The van der Waals surface area contributed by atoms with Crippen molar-refractivity contribution in [2.24, 2.45) is 5.41 Å². The minimum absolute atomic E-state index is 0.00417. The lowest BCUT2D eigenvalue weighted by Gasteiger charge is -2.40. The summed E-state index contributed by atoms with van der Waals surface area (Å²) in [6.07, 6.45) is 9.98. The molecule has 11 heteroatoms. The molecule has 9 rings (SSSR count). The van der Waals surface area contributed by atoms with Crippen LogP contribution in [-0.2, 0) is 0 Å². The fraction of sp³-hybridized carbons (Fsp3) is 0.459. The van der Waals surface area contributed by atoms with Crippen molar-refractivity contribution in [3.05, 3.63) is 47.5 Å². The van der Waals surface area contributed by atoms with E-state index in [1.807, 2.05) is 0 Å². The maximum atomic E-state index is 17.1. The van der Waals surface area contributed by atoms with Crippen LogP contribution in [0, 0.1) is 29.4 Å². The molecule has 3 aromatic carbocycles. The SMILES string of the molecule is C#Cc1c(F)ccc2cc(O)cc(-c3cc4c5c(nc(OCC6(CN7CCN(C)CC7)CC6)nc5c3F)N3C[C@H]5CC[C@H](N5)[C@H]3CO4)c12. The van der Waals surface area contributed by atoms with Gasteiger partial charge in [-0.05, 0) is 67.9 Å². The number of hydrogen-bond donors (Lipinski definition) is 2. The number of nitrogens with one attached hydrogen (secondary N) is 1. The number of fused-ring (bicyclic) bond motifs is 6. The Labute approximate surface area is 277 Å². The van der Waals surface area contributed by atoms with Crippen molar-refractivity contribution in [2.45, 2.75) is 43.8 Å². The lowest BCUT2D eigenvalue weighted by molar-refractivity contribution is 0.107. The topological polar surface area (TPSA) is 86.2 Å². The summed E-state index contributed by atoms with van der Waals surface area (Å²) in [6.45, 7) is 6.67. The lowest BCUT2D eigenvalue weighted by Crippen LogP contribution is -2.60. The van der Waals surface area contributed by atoms with Crippen molar-refractivity contribution in [3.8, 4) is 41.0 Å². The Morgan fingerprint density at radius 3 is 2.71 bits per heavy atom. The molecule has 4 aromatic rings. The van der Waals surface area contributed by atoms with Crippen molar-refractivity contribution >= 4 is 27.5 Å². The summed E-state index contributed by atoms with van der Waals surface area (Å²) >= 11 is 0. The van der Waals surface area contributed by atoms with Crippen LogP contribution in [0.25, 0.3) is 32.8 Å². The summed E-state index contributed by atoms with van der Waals surface area (Å²) in [7, 11) is 2.16. The molecule has 2 bridgehead atoms. The van der Waals surface area contributed by atoms with Gasteiger partial charge in [-0.2, -0.15) is 9.97 Å². The van der Waals surface area contributed by atoms with Crippen LogP contribution in [0.1, 0.15) is 31.2 Å². The fourth-order valence-electron chi connectivity index (χ4n) is 8.30. The van der Waals surface area contributed by atoms with E-state index in [-0.39, 0.29) is 51.5 Å². The maximum Gasteiger partial charge on any atom is 0.319 e. The first kappa shape index (κ1) is 29.9. The van der Waals surface area contributed by atoms with E-state index in [4.69, 9.17) is 25.9 Å². The Hall–Kier alpha value is -4.24. The summed E-state index contributed by atoms with van der Waals surface area (Å²) in [5, 5.41) is 15.7. The highest BCUT2D eigenvalue weighted by molar-refractivity contribution is 6.06. The second-order valence-corrected chi connectivity index (χ2v) is 14.4. The summed E-state index contributed by atoms with van der Waals surface area (Å²) in [4.78, 5) is 16.8. The van der Waals surface area contributed by atoms with E-state index in [1.165, 1.54) is 24.3 Å². The quantitative estimate of drug-likeness (QED) is 0.292. The van der Waals surface area contributed by atoms with Crippen molar-refractivity contribution in [3.63, 3.8) is 0 Å². The molecule has 4 fully saturated rings. The van der Waals surface area contributed by atoms with Crippen LogP contribution in [0.4, 0.5) is 14.6 Å². The van der Waals surface area contributed by atoms with Gasteiger partial charge in [0.15, 0.2) is 5.82 Å². The molecule has 0 amide bonds. The number of halogens is 2. The highest BCUT2D eigenvalue weighted by atomic mass is 19.1. The summed E-state index contributed by atoms with van der Waals surface area (Å²) < 4.78 is 45.0. The van der Waals surface area contributed by atoms with Crippen molar-refractivity contribution in [2.75, 3.05) is 64.4 Å². The molecule has 4 aliphatic heterocycles. The van der Waals surface area contributed by atoms with Crippen molar-refractivity contribution in [1.82, 2.24) is 25.1 Å². The number of anilines is 1. The Bertz CT molecular complexity index is 2000. The molecule has 3 saturated heterocycles. The summed E-state index contributed by atoms with van der Waals surface area (Å²) in [6, 6.07) is 7.95. The number of phenols is 1. The number of rotatable bonds is 6. The first-order valence-corrected chi connectivity index (χ1v) is 16.9. The molecule has 3 atom stereocenters. The third-order valence-corrected chi connectivity index (χ3v) is 11.2. The first-order valence-electron chi connectivity index (χ1n) is 16.9. The number of ether oxygens (including phenoxy) is 2. The van der Waals surface area contributed by atoms with Crippen LogP contribution in [0.3, 0.4) is 0 Å². The third-order valence-electron chi connectivity index (χ3n) is 11.2. The molecule has 248 valence electrons. The van der Waals surface area contributed by atoms with E-state index >= 15 is 8.78 Å². The van der Waals surface area contributed by atoms with Crippen LogP contribution in [0.2, 0.25) is 0 Å². The van der Waals surface area contributed by atoms with Crippen LogP contribution in [0.15, 0.2) is 30.3 Å². The Morgan fingerprint density at radius 1 is 1.08 bits per heavy atom. The number of aromatic hydroxyl groups is 1. The third kappa shape index (κ3) is 4.92. The maximum absolute atomic E-state index is 17.1. The number of hydrogen-bond acceptors (Lipinski definition) is 9. The van der Waals surface area contributed by atoms with Crippen LogP contribution >= 0.6 is 0 Å². The van der Waals surface area contributed by atoms with Gasteiger partial charge < -0.3 is 34.6 Å². The zero-order valence-corrected chi connectivity index (χ0v) is 26.9. The average Bonchev–Trinajstić information content (AvgIpc) is 3.78. The molecule has 48 heavy (non-hydrogen) atoms. The normalized spacial score (nSPS) is 24.6. The zero-order chi connectivity index (χ0) is 32.7. The second kappa shape index (κ2) is 11.2. The van der Waals surface area contributed by atoms with Gasteiger partial charge >= 0.3 is 6.01 Å². The molecule has 1 aliphatic carbocycles. The Balaban J connectivity index is 1.17. The molecule has 0 radical (unpaired) electrons. The minimum atomic E-state index is -0.639. The molecule has 0 unspecified atom stereocenters. The molecule has 1 aromatic heterocycles. The Morgan fingerprint density at radius 2 is 1.92 bits per heavy atom. The van der Waals surface area contributed by atoms with Gasteiger partial charge in [0.2, 0.25) is 0 Å². The highest BCUT2D eigenvalue weighted by Crippen LogP contribution is 2.48. The van der Waals surface area contributed by atoms with E-state index in [9.17, 15) is 5.11 Å². The van der Waals surface area contributed by atoms with Gasteiger partial charge in [-0.1, -0.05) is 12.0 Å². The predicted molar refractivity (Wildman–Crippen MR) is 180 cm³/mol. The van der Waals surface area contributed by atoms with E-state index in [2.05, 4.69) is 33.0 Å². The number of nitrogens with zero attached hydrogens (tertiary/aromatic N) is 5. The second-order valence-electron chi connectivity index (χ2n) is 14.4. The summed E-state index contributed by atoms with van der Waals surface area (Å²) in [5.41, 5.74) is 0.447. The van der Waals surface area contributed by atoms with Crippen LogP contribution in [0.5, 0.6) is 17.5 Å². The lowest BCUT2D eigenvalue weighted by atomic mass is 9.92. The number of aromatic nitrogens is 2. The number of phenolic OH excluding ortho intramolecular Hbond substituents is 1. The molecule has 1 saturated carbocycles. The molecule has 5 heterocycles. The van der Waals surface area contributed by atoms with Crippen molar-refractivity contribution in [1.29, 1.82) is 0 Å². The highest BCUT2D eigenvalue weighted by Gasteiger charge is 2.46. The van der Waals surface area contributed by atoms with E-state index in [0.29, 0.717) is 53.5 Å². The van der Waals surface area contributed by atoms with Crippen LogP contribution < -0.4 is 19.7 Å². The summed E-state index contributed by atoms with van der Waals surface area (Å²) in [5.74, 6) is 2.13. The Kier molecular flexibility index (Phi) is 6.94. The molecule has 9 nitrogen and oxygen atoms in total. The van der Waals surface area contributed by atoms with Gasteiger partial charge in [-0.15, -0.1) is 6.42 Å². The monoisotopic (exact) mass is 652 g/mol. The standard InChI is InChI=1S/C37H38F2N6O3/c1-3-24-27(38)6-4-21-14-23(46)15-25(31(21)24)26-16-30-32-34(33(26)39)41-36(48-20-37(8-9-37)19-44-12-10-43(2)11-13-44)42-35(32)45-17-22-5-7-28(40-22)29(45)18-47-30/h1,4,6,14-16,22,28-29,40,46H,5,7-13,17-20H2,2H3/t22-,28+,29-/m1/s1. The molecular formula is C37H38F2N6O3. The van der Waals surface area contributed by atoms with E-state index < -0.39 is 11.6 Å². The molecule has 2 N–H and O–H groups in total. The predicted octanol–water partition coefficient (Wildman–Crippen LogP) is 4.52. The largest absolute Gasteiger partial charge is 0.508 e. The zero-order valence-electron chi connectivity index (χ0n) is 26.9. The van der Waals surface area contributed by atoms with Gasteiger partial charge in [-0.3, -0.25) is 0 Å². The van der Waals surface area contributed by atoms with Gasteiger partial charge in [0.25, 0.3) is 0 Å². The number of likely N-dealkylation sites (N-methyl/N-ethyl adjacent to an activating group) is 1. The van der Waals surface area contributed by atoms with Gasteiger partial charge in [-0.25, -0.2) is 8.78 Å². The number of piperazine rings is 2. The van der Waals surface area contributed by atoms with Crippen molar-refractivity contribution < 1.29 is 23.4 Å². The van der Waals surface area contributed by atoms with E-state index in [1.54, 1.807) is 6.07 Å². The average molecular weight is 653 g/mol. The molecular weight excluding hydrogens is 614 g/mol. The number of benzene rings is 3. The van der Waals surface area contributed by atoms with Crippen LogP contribution in [-0.4, -0.2) is 103 Å². The minimum Gasteiger partial charge on any atom is -0.508 e. The first-order chi connectivity index (χ1) is 23.3. The molecule has 0 spiro atoms. The smallest absolute Gasteiger partial charge is 0.319 e.